The Labute approximate surface area is 252 Å². The zero-order valence-corrected chi connectivity index (χ0v) is 24.1. The van der Waals surface area contributed by atoms with E-state index in [4.69, 9.17) is 0 Å². The maximum atomic E-state index is 14.6. The van der Waals surface area contributed by atoms with Crippen molar-refractivity contribution in [1.29, 1.82) is 0 Å². The Morgan fingerprint density at radius 3 is 2.41 bits per heavy atom. The van der Waals surface area contributed by atoms with E-state index in [1.54, 1.807) is 29.3 Å². The van der Waals surface area contributed by atoms with E-state index in [2.05, 4.69) is 16.0 Å². The quantitative estimate of drug-likeness (QED) is 0.208. The van der Waals surface area contributed by atoms with Crippen LogP contribution in [0.3, 0.4) is 0 Å². The molecule has 0 radical (unpaired) electrons. The standard InChI is InChI=1S/C35H29F2N5O2/c1-2-32(43)41-15-13-40(14-16-41)31-11-9-26(19-28(31)35(36)37)42-33(44)12-8-24-20-39-30-10-7-22(18-27(30)34(24)42)25-17-23-5-3-4-6-29(23)38-21-25/h3-12,17-21,35H,2,13-16H2,1H3. The molecular formula is C35H29F2N5O2. The number of fused-ring (bicyclic) bond motifs is 4. The fourth-order valence-corrected chi connectivity index (χ4v) is 6.14. The first kappa shape index (κ1) is 27.6. The topological polar surface area (TPSA) is 71.3 Å². The zero-order chi connectivity index (χ0) is 30.4. The molecule has 6 aromatic rings. The van der Waals surface area contributed by atoms with Gasteiger partial charge in [0.1, 0.15) is 0 Å². The minimum Gasteiger partial charge on any atom is -0.368 e. The maximum Gasteiger partial charge on any atom is 0.265 e. The van der Waals surface area contributed by atoms with Crippen molar-refractivity contribution in [1.82, 2.24) is 19.4 Å². The number of carbonyl (C=O) groups is 1. The van der Waals surface area contributed by atoms with Gasteiger partial charge in [-0.3, -0.25) is 24.1 Å². The number of benzene rings is 3. The molecule has 220 valence electrons. The van der Waals surface area contributed by atoms with Crippen molar-refractivity contribution in [2.45, 2.75) is 19.8 Å². The van der Waals surface area contributed by atoms with Crippen molar-refractivity contribution in [2.24, 2.45) is 0 Å². The molecule has 3 aromatic carbocycles. The lowest BCUT2D eigenvalue weighted by atomic mass is 10.0. The summed E-state index contributed by atoms with van der Waals surface area (Å²) in [6.07, 6.45) is 1.18. The van der Waals surface area contributed by atoms with Crippen molar-refractivity contribution in [2.75, 3.05) is 31.1 Å². The van der Waals surface area contributed by atoms with Crippen LogP contribution < -0.4 is 10.5 Å². The summed E-state index contributed by atoms with van der Waals surface area (Å²) in [6, 6.07) is 23.7. The van der Waals surface area contributed by atoms with Gasteiger partial charge in [0.2, 0.25) is 5.91 Å². The van der Waals surface area contributed by atoms with E-state index in [1.165, 1.54) is 16.7 Å². The van der Waals surface area contributed by atoms with E-state index in [-0.39, 0.29) is 17.0 Å². The van der Waals surface area contributed by atoms with Gasteiger partial charge in [-0.05, 0) is 54.1 Å². The average Bonchev–Trinajstić information content (AvgIpc) is 3.07. The number of para-hydroxylation sites is 1. The number of carbonyl (C=O) groups excluding carboxylic acids is 1. The summed E-state index contributed by atoms with van der Waals surface area (Å²) in [5, 5.41) is 2.45. The summed E-state index contributed by atoms with van der Waals surface area (Å²) in [5.74, 6) is 0.0613. The van der Waals surface area contributed by atoms with E-state index in [0.717, 1.165) is 27.4 Å². The van der Waals surface area contributed by atoms with Gasteiger partial charge in [-0.1, -0.05) is 31.2 Å². The van der Waals surface area contributed by atoms with Gasteiger partial charge in [0.05, 0.1) is 16.6 Å². The van der Waals surface area contributed by atoms with E-state index in [1.807, 2.05) is 60.5 Å². The van der Waals surface area contributed by atoms with E-state index >= 15 is 0 Å². The van der Waals surface area contributed by atoms with Gasteiger partial charge in [0, 0.05) is 89.7 Å². The fraction of sp³-hybridized carbons (Fsp3) is 0.200. The molecule has 1 amide bonds. The third kappa shape index (κ3) is 4.84. The van der Waals surface area contributed by atoms with Crippen LogP contribution in [0.4, 0.5) is 14.5 Å². The number of amides is 1. The molecule has 44 heavy (non-hydrogen) atoms. The molecule has 1 aliphatic heterocycles. The lowest BCUT2D eigenvalue weighted by molar-refractivity contribution is -0.131. The van der Waals surface area contributed by atoms with Gasteiger partial charge in [-0.15, -0.1) is 0 Å². The molecule has 0 aliphatic carbocycles. The van der Waals surface area contributed by atoms with E-state index in [9.17, 15) is 18.4 Å². The Morgan fingerprint density at radius 2 is 1.61 bits per heavy atom. The first-order chi connectivity index (χ1) is 21.4. The molecular weight excluding hydrogens is 560 g/mol. The second-order valence-electron chi connectivity index (χ2n) is 11.0. The van der Waals surface area contributed by atoms with Gasteiger partial charge in [-0.2, -0.15) is 0 Å². The highest BCUT2D eigenvalue weighted by Crippen LogP contribution is 2.35. The molecule has 0 N–H and O–H groups in total. The lowest BCUT2D eigenvalue weighted by Gasteiger charge is -2.37. The van der Waals surface area contributed by atoms with Crippen LogP contribution in [0, 0.1) is 0 Å². The third-order valence-corrected chi connectivity index (χ3v) is 8.42. The van der Waals surface area contributed by atoms with Crippen LogP contribution >= 0.6 is 0 Å². The van der Waals surface area contributed by atoms with Crippen molar-refractivity contribution in [3.05, 3.63) is 107 Å². The monoisotopic (exact) mass is 589 g/mol. The van der Waals surface area contributed by atoms with Crippen LogP contribution in [0.2, 0.25) is 0 Å². The molecule has 0 atom stereocenters. The molecule has 7 nitrogen and oxygen atoms in total. The number of halogens is 2. The maximum absolute atomic E-state index is 14.6. The number of aromatic nitrogens is 3. The fourth-order valence-electron chi connectivity index (χ4n) is 6.14. The molecule has 0 spiro atoms. The predicted octanol–water partition coefficient (Wildman–Crippen LogP) is 6.75. The van der Waals surface area contributed by atoms with Crippen LogP contribution in [0.5, 0.6) is 0 Å². The van der Waals surface area contributed by atoms with Gasteiger partial charge in [0.25, 0.3) is 12.0 Å². The molecule has 1 aliphatic rings. The van der Waals surface area contributed by atoms with Crippen molar-refractivity contribution in [3.63, 3.8) is 0 Å². The van der Waals surface area contributed by atoms with Crippen LogP contribution in [-0.2, 0) is 4.79 Å². The summed E-state index contributed by atoms with van der Waals surface area (Å²) < 4.78 is 30.6. The number of anilines is 1. The van der Waals surface area contributed by atoms with Crippen LogP contribution in [-0.4, -0.2) is 51.5 Å². The van der Waals surface area contributed by atoms with E-state index < -0.39 is 6.43 Å². The molecule has 1 fully saturated rings. The molecule has 0 unspecified atom stereocenters. The highest BCUT2D eigenvalue weighted by atomic mass is 19.3. The number of pyridine rings is 3. The smallest absolute Gasteiger partial charge is 0.265 e. The Balaban J connectivity index is 1.35. The molecule has 3 aromatic heterocycles. The first-order valence-electron chi connectivity index (χ1n) is 14.7. The van der Waals surface area contributed by atoms with Gasteiger partial charge in [0.15, 0.2) is 0 Å². The summed E-state index contributed by atoms with van der Waals surface area (Å²) >= 11 is 0. The number of piperazine rings is 1. The SMILES string of the molecule is CCC(=O)N1CCN(c2ccc(-n3c(=O)ccc4cnc5ccc(-c6cnc7ccccc7c6)cc5c43)cc2C(F)F)CC1. The normalized spacial score (nSPS) is 13.8. The van der Waals surface area contributed by atoms with Gasteiger partial charge in [-0.25, -0.2) is 8.78 Å². The molecule has 7 rings (SSSR count). The van der Waals surface area contributed by atoms with Gasteiger partial charge < -0.3 is 9.80 Å². The molecule has 4 heterocycles. The zero-order valence-electron chi connectivity index (χ0n) is 24.1. The number of hydrogen-bond donors (Lipinski definition) is 0. The van der Waals surface area contributed by atoms with Crippen molar-refractivity contribution < 1.29 is 13.6 Å². The Bertz CT molecular complexity index is 2120. The largest absolute Gasteiger partial charge is 0.368 e. The second kappa shape index (κ2) is 11.1. The minimum absolute atomic E-state index is 0.0613. The number of nitrogens with zero attached hydrogens (tertiary/aromatic N) is 5. The van der Waals surface area contributed by atoms with E-state index in [0.29, 0.717) is 60.4 Å². The van der Waals surface area contributed by atoms with Crippen molar-refractivity contribution in [3.8, 4) is 16.8 Å². The van der Waals surface area contributed by atoms with Crippen LogP contribution in [0.1, 0.15) is 25.3 Å². The summed E-state index contributed by atoms with van der Waals surface area (Å²) in [7, 11) is 0. The predicted molar refractivity (Wildman–Crippen MR) is 170 cm³/mol. The minimum atomic E-state index is -2.75. The van der Waals surface area contributed by atoms with Gasteiger partial charge >= 0.3 is 0 Å². The van der Waals surface area contributed by atoms with Crippen LogP contribution in [0.25, 0.3) is 49.5 Å². The molecule has 0 saturated carbocycles. The summed E-state index contributed by atoms with van der Waals surface area (Å²) in [6.45, 7) is 3.70. The van der Waals surface area contributed by atoms with Crippen molar-refractivity contribution >= 4 is 44.3 Å². The summed E-state index contributed by atoms with van der Waals surface area (Å²) in [5.41, 5.74) is 4.27. The highest BCUT2D eigenvalue weighted by molar-refractivity contribution is 6.05. The Kier molecular flexibility index (Phi) is 7.00. The third-order valence-electron chi connectivity index (χ3n) is 8.42. The number of alkyl halides is 2. The molecule has 1 saturated heterocycles. The lowest BCUT2D eigenvalue weighted by Crippen LogP contribution is -2.48. The summed E-state index contributed by atoms with van der Waals surface area (Å²) in [4.78, 5) is 38.5. The molecule has 9 heteroatoms. The van der Waals surface area contributed by atoms with Crippen LogP contribution in [0.15, 0.2) is 96.1 Å². The highest BCUT2D eigenvalue weighted by Gasteiger charge is 2.25. The molecule has 0 bridgehead atoms. The first-order valence-corrected chi connectivity index (χ1v) is 14.7. The average molecular weight is 590 g/mol. The number of rotatable bonds is 5. The Hall–Kier alpha value is -5.18. The second-order valence-corrected chi connectivity index (χ2v) is 11.0. The number of hydrogen-bond acceptors (Lipinski definition) is 5. The Morgan fingerprint density at radius 1 is 0.818 bits per heavy atom.